The molecule has 40 heteroatoms. The largest absolute Gasteiger partial charge is 0.699 e. The van der Waals surface area contributed by atoms with Crippen molar-refractivity contribution in [2.24, 2.45) is 43.5 Å². The van der Waals surface area contributed by atoms with Crippen molar-refractivity contribution in [3.8, 4) is 90.5 Å². The second kappa shape index (κ2) is 48.6. The van der Waals surface area contributed by atoms with Crippen molar-refractivity contribution in [3.05, 3.63) is 420 Å². The zero-order valence-electron chi connectivity index (χ0n) is 79.4. The predicted octanol–water partition coefficient (Wildman–Crippen LogP) is 18.4. The molecule has 0 aliphatic carbocycles. The molecule has 148 heavy (non-hydrogen) atoms. The molecule has 1 radical (unpaired) electrons. The van der Waals surface area contributed by atoms with Crippen LogP contribution in [0, 0.1) is 72.6 Å². The van der Waals surface area contributed by atoms with Crippen LogP contribution in [0.2, 0.25) is 0 Å². The third kappa shape index (κ3) is 29.2. The molecule has 0 saturated heterocycles. The van der Waals surface area contributed by atoms with E-state index < -0.39 is 57.8 Å². The maximum Gasteiger partial charge on any atom is 0.259 e. The summed E-state index contributed by atoms with van der Waals surface area (Å²) < 4.78 is 119. The normalized spacial score (nSPS) is 10.9. The molecule has 0 aromatic heterocycles. The first-order valence-corrected chi connectivity index (χ1v) is 50.3. The number of sulfonamides is 4. The van der Waals surface area contributed by atoms with E-state index in [1.165, 1.54) is 42.5 Å². The number of hydrogen-bond donors (Lipinski definition) is 17. The average Bonchev–Trinajstić information content (AvgIpc) is 0.805. The van der Waals surface area contributed by atoms with Gasteiger partial charge >= 0.3 is 0 Å². The minimum Gasteiger partial charge on any atom is -0.699 e. The van der Waals surface area contributed by atoms with Gasteiger partial charge in [-0.2, -0.15) is 0 Å². The van der Waals surface area contributed by atoms with Crippen LogP contribution in [0.5, 0.6) is 46.0 Å². The van der Waals surface area contributed by atoms with Gasteiger partial charge in [0.15, 0.2) is 0 Å². The Labute approximate surface area is 889 Å². The van der Waals surface area contributed by atoms with E-state index in [-0.39, 0.29) is 115 Å². The minimum atomic E-state index is -3.91. The second-order valence-electron chi connectivity index (χ2n) is 32.7. The summed E-state index contributed by atoms with van der Waals surface area (Å²) in [6, 6.07) is 99.4. The molecule has 16 aromatic carbocycles. The quantitative estimate of drug-likeness (QED) is 0.0147. The number of nitrogen functional groups attached to an aromatic ring is 4. The molecule has 749 valence electrons. The summed E-state index contributed by atoms with van der Waals surface area (Å²) in [6.45, 7) is 1.89. The topological polar surface area (TPSA) is 633 Å². The fourth-order valence-electron chi connectivity index (χ4n) is 14.7. The number of aryl methyl sites for hydroxylation is 1. The zero-order chi connectivity index (χ0) is 106. The Morgan fingerprint density at radius 3 is 0.804 bits per heavy atom. The number of anilines is 6. The number of nitrogens with one attached hydrogen (secondary N) is 10. The molecule has 35 nitrogen and oxygen atoms in total. The minimum absolute atomic E-state index is 0. The number of nitrogens with zero attached hydrogens (tertiary/aromatic N) is 1. The smallest absolute Gasteiger partial charge is 0.259 e. The first-order valence-electron chi connectivity index (χ1n) is 44.1. The number of rotatable bonds is 30. The van der Waals surface area contributed by atoms with Crippen LogP contribution in [0.1, 0.15) is 69.2 Å². The maximum absolute atomic E-state index is 13.3. The Morgan fingerprint density at radius 2 is 0.534 bits per heavy atom. The molecule has 0 atom stereocenters. The van der Waals surface area contributed by atoms with Gasteiger partial charge in [-0.3, -0.25) is 40.8 Å². The van der Waals surface area contributed by atoms with Gasteiger partial charge in [0, 0.05) is 156 Å². The Balaban J connectivity index is 0.000000175. The van der Waals surface area contributed by atoms with Gasteiger partial charge in [0.05, 0.1) is 41.8 Å². The number of carbonyl (C=O) groups is 4. The number of amidine groups is 4. The number of nitrogens with two attached hydrogens (primary N) is 8. The summed E-state index contributed by atoms with van der Waals surface area (Å²) in [5.74, 6) is 0.769. The van der Waals surface area contributed by atoms with Crippen LogP contribution in [0.4, 0.5) is 39.8 Å². The Morgan fingerprint density at radius 1 is 0.291 bits per heavy atom. The summed E-state index contributed by atoms with van der Waals surface area (Å²) in [4.78, 5) is 54.6. The number of primary sulfonamides is 4. The third-order valence-electron chi connectivity index (χ3n) is 21.9. The van der Waals surface area contributed by atoms with Crippen molar-refractivity contribution >= 4 is 127 Å². The van der Waals surface area contributed by atoms with Crippen LogP contribution < -0.4 is 93.9 Å². The van der Waals surface area contributed by atoms with Gasteiger partial charge in [0.1, 0.15) is 69.3 Å². The first kappa shape index (κ1) is 110. The molecule has 0 unspecified atom stereocenters. The van der Waals surface area contributed by atoms with E-state index >= 15 is 0 Å². The first-order chi connectivity index (χ1) is 69.9. The fraction of sp³-hybridized carbons (Fsp3) is 0.0370. The molecule has 0 heterocycles. The molecule has 0 aliphatic rings. The van der Waals surface area contributed by atoms with Crippen molar-refractivity contribution in [3.63, 3.8) is 0 Å². The Hall–Kier alpha value is -17.0. The van der Waals surface area contributed by atoms with E-state index in [2.05, 4.69) is 26.6 Å². The summed E-state index contributed by atoms with van der Waals surface area (Å²) in [5, 5.41) is 66.2. The van der Waals surface area contributed by atoms with Gasteiger partial charge < -0.3 is 79.1 Å². The second-order valence-corrected chi connectivity index (χ2v) is 38.8. The SMILES string of the molecule is CN(C)c1ccc(C(=O)Nc2ccc(-c3ccccc3S(N)(=O)=O)cc2)c(Oc2cccc(C(=N)N)c2)c1.CNc1ccc(C(=O)Nc2ccc(-c3ccccc3S(N)(=O)=O)cc2)c(Oc2cccc(C(=N)N)c2)c1.Cc1ccc(C(=O)Nc2ccc(-c3ccccc3S(N)(=O)=O)cc2)c(Oc2cccc(C(=N)N)c2)c1.N=C(N)c1cccc(Oc2cc([NH-])ccc2C(=O)Nc2ccc(-c3ccccc3S(N)(=O)=O)cc2)c1.[Ac]. The number of benzene rings is 16. The summed E-state index contributed by atoms with van der Waals surface area (Å²) in [6.07, 6.45) is 0. The van der Waals surface area contributed by atoms with E-state index in [1.54, 1.807) is 329 Å². The molecule has 0 bridgehead atoms. The molecule has 16 aromatic rings. The van der Waals surface area contributed by atoms with E-state index in [0.717, 1.165) is 16.9 Å². The van der Waals surface area contributed by atoms with Gasteiger partial charge in [0.2, 0.25) is 40.1 Å². The molecule has 26 N–H and O–H groups in total. The number of hydrogen-bond acceptors (Lipinski definition) is 22. The molecule has 4 amide bonds. The monoisotopic (exact) mass is 2270 g/mol. The summed E-state index contributed by atoms with van der Waals surface area (Å²) >= 11 is 0. The zero-order valence-corrected chi connectivity index (χ0v) is 87.5. The van der Waals surface area contributed by atoms with E-state index in [4.69, 9.17) is 89.8 Å². The molecular formula is C108H98AcN19O16S4-. The standard InChI is InChI=1S/C28H27N5O4S.C27H25N5O4S.C27H24N4O4S.C26H23N5O4S.Ac/c1-33(2)21-14-15-24(25(17-21)37-22-7-5-6-19(16-22)27(29)30)28(34)32-20-12-10-18(11-13-20)23-8-3-4-9-26(23)38(31,35)36;1-31-20-13-14-23(24(16-20)36-21-6-4-5-18(15-21)26(28)29)27(33)32-19-11-9-17(10-12-19)22-7-2-3-8-25(22)37(30,34)35;1-17-9-14-23(24(15-17)35-21-6-4-5-19(16-21)26(28)29)27(32)31-20-12-10-18(11-13-20)22-7-2-3-8-25(22)36(30,33)34;27-18-10-13-22(23(15-18)35-20-5-3-4-17(14-20)25(28)29)26(32)31-19-11-8-16(9-12-19)21-6-1-2-7-24(21)36(30,33)34;/h3-17H,1-2H3,(H3,29,30)(H,32,34)(H2,31,35,36);2-16,31H,1H3,(H3,28,29)(H,32,33)(H2,30,34,35);2-16H,1H3,(H3,28,29)(H,31,32)(H2,30,33,34);1-15H,(H8,27,28,29,30,31,32,33,34);/p-1. The van der Waals surface area contributed by atoms with Crippen molar-refractivity contribution < 1.29 is 116 Å². The molecular weight excluding hydrogens is 2170 g/mol. The number of carbonyl (C=O) groups excluding carboxylic acids is 4. The van der Waals surface area contributed by atoms with Crippen LogP contribution in [0.3, 0.4) is 0 Å². The van der Waals surface area contributed by atoms with E-state index in [0.29, 0.717) is 141 Å². The van der Waals surface area contributed by atoms with Crippen LogP contribution >= 0.6 is 0 Å². The van der Waals surface area contributed by atoms with Crippen LogP contribution in [0.25, 0.3) is 50.2 Å². The summed E-state index contributed by atoms with van der Waals surface area (Å²) in [7, 11) is -10.1. The van der Waals surface area contributed by atoms with Crippen LogP contribution in [0.15, 0.2) is 384 Å². The molecule has 0 spiro atoms. The van der Waals surface area contributed by atoms with Gasteiger partial charge in [-0.05, 0) is 205 Å². The molecule has 0 fully saturated rings. The van der Waals surface area contributed by atoms with Crippen molar-refractivity contribution in [2.45, 2.75) is 26.5 Å². The van der Waals surface area contributed by atoms with Gasteiger partial charge in [-0.25, -0.2) is 54.2 Å². The van der Waals surface area contributed by atoms with Crippen molar-refractivity contribution in [1.29, 1.82) is 21.6 Å². The predicted molar refractivity (Wildman–Crippen MR) is 573 cm³/mol. The Kier molecular flexibility index (Phi) is 36.0. The summed E-state index contributed by atoms with van der Waals surface area (Å²) in [5.41, 5.74) is 42.3. The van der Waals surface area contributed by atoms with E-state index in [1.807, 2.05) is 25.9 Å². The van der Waals surface area contributed by atoms with Crippen LogP contribution in [-0.2, 0) is 40.1 Å². The molecule has 0 aliphatic heterocycles. The number of ether oxygens (including phenoxy) is 4. The molecule has 0 saturated carbocycles. The van der Waals surface area contributed by atoms with Gasteiger partial charge in [-0.15, -0.1) is 5.69 Å². The number of amides is 4. The third-order valence-corrected chi connectivity index (χ3v) is 25.8. The van der Waals surface area contributed by atoms with Crippen molar-refractivity contribution in [2.75, 3.05) is 52.6 Å². The van der Waals surface area contributed by atoms with Gasteiger partial charge in [0.25, 0.3) is 23.6 Å². The van der Waals surface area contributed by atoms with Crippen LogP contribution in [-0.4, -0.2) is 102 Å². The van der Waals surface area contributed by atoms with Crippen molar-refractivity contribution in [1.82, 2.24) is 0 Å². The average molecular weight is 2270 g/mol. The Bertz CT molecular complexity index is 8030. The maximum atomic E-state index is 13.3. The van der Waals surface area contributed by atoms with Gasteiger partial charge in [-0.1, -0.05) is 182 Å². The molecule has 16 rings (SSSR count). The van der Waals surface area contributed by atoms with E-state index in [9.17, 15) is 52.8 Å². The fourth-order valence-corrected chi connectivity index (χ4v) is 17.7.